The first-order valence-electron chi connectivity index (χ1n) is 14.5. The molecule has 3 aromatic carbocycles. The van der Waals surface area contributed by atoms with Gasteiger partial charge in [-0.3, -0.25) is 0 Å². The van der Waals surface area contributed by atoms with E-state index in [2.05, 4.69) is 10.3 Å². The highest BCUT2D eigenvalue weighted by molar-refractivity contribution is 7.98. The van der Waals surface area contributed by atoms with Gasteiger partial charge < -0.3 is 14.8 Å². The summed E-state index contributed by atoms with van der Waals surface area (Å²) in [6.45, 7) is 1.79. The number of allylic oxidation sites excluding steroid dienone is 1. The van der Waals surface area contributed by atoms with Crippen LogP contribution in [0.25, 0.3) is 0 Å². The van der Waals surface area contributed by atoms with Crippen LogP contribution in [0.15, 0.2) is 83.2 Å². The molecule has 1 aromatic heterocycles. The molecular weight excluding hydrogens is 606 g/mol. The van der Waals surface area contributed by atoms with Crippen molar-refractivity contribution in [2.75, 3.05) is 5.32 Å². The van der Waals surface area contributed by atoms with Gasteiger partial charge in [-0.2, -0.15) is 4.98 Å². The third-order valence-corrected chi connectivity index (χ3v) is 9.07. The number of nitrogens with one attached hydrogen (secondary N) is 1. The predicted molar refractivity (Wildman–Crippen MR) is 166 cm³/mol. The highest BCUT2D eigenvalue weighted by atomic mass is 35.5. The minimum atomic E-state index is -0.632. The molecule has 2 aliphatic rings. The highest BCUT2D eigenvalue weighted by Gasteiger charge is 2.36. The number of hydrogen-bond donors (Lipinski definition) is 1. The number of carbonyl (C=O) groups is 1. The van der Waals surface area contributed by atoms with Gasteiger partial charge in [0.2, 0.25) is 11.1 Å². The van der Waals surface area contributed by atoms with Crippen molar-refractivity contribution in [3.8, 4) is 5.75 Å². The number of nitrogens with zero attached hydrogens (tertiary/aromatic N) is 3. The van der Waals surface area contributed by atoms with Gasteiger partial charge in [-0.15, -0.1) is 5.10 Å². The number of hydrogen-bond acceptors (Lipinski definition) is 7. The fourth-order valence-corrected chi connectivity index (χ4v) is 6.53. The molecule has 1 atom stereocenters. The van der Waals surface area contributed by atoms with Crippen LogP contribution in [-0.2, 0) is 21.9 Å². The first-order valence-corrected chi connectivity index (χ1v) is 15.9. The van der Waals surface area contributed by atoms with E-state index < -0.39 is 17.8 Å². The quantitative estimate of drug-likeness (QED) is 0.146. The van der Waals surface area contributed by atoms with Gasteiger partial charge in [0, 0.05) is 17.0 Å². The maximum atomic E-state index is 14.2. The first kappa shape index (κ1) is 30.1. The Bertz CT molecular complexity index is 1670. The molecule has 0 saturated heterocycles. The Hall–Kier alpha value is -3.89. The number of aromatic nitrogens is 3. The summed E-state index contributed by atoms with van der Waals surface area (Å²) in [7, 11) is 0. The molecule has 1 fully saturated rings. The first-order chi connectivity index (χ1) is 21.4. The van der Waals surface area contributed by atoms with Crippen molar-refractivity contribution in [2.24, 2.45) is 0 Å². The molecule has 2 heterocycles. The lowest BCUT2D eigenvalue weighted by Gasteiger charge is -2.30. The lowest BCUT2D eigenvalue weighted by atomic mass is 9.95. The van der Waals surface area contributed by atoms with Crippen LogP contribution in [0.2, 0.25) is 5.02 Å². The maximum Gasteiger partial charge on any atom is 0.338 e. The Morgan fingerprint density at radius 2 is 1.77 bits per heavy atom. The Morgan fingerprint density at radius 1 is 1.02 bits per heavy atom. The van der Waals surface area contributed by atoms with E-state index >= 15 is 0 Å². The molecule has 0 amide bonds. The van der Waals surface area contributed by atoms with E-state index in [1.165, 1.54) is 23.9 Å². The molecule has 1 aliphatic heterocycles. The molecule has 1 aliphatic carbocycles. The molecule has 7 nitrogen and oxygen atoms in total. The zero-order valence-electron chi connectivity index (χ0n) is 24.1. The molecule has 1 saturated carbocycles. The Labute approximate surface area is 263 Å². The predicted octanol–water partition coefficient (Wildman–Crippen LogP) is 8.25. The summed E-state index contributed by atoms with van der Waals surface area (Å²) < 4.78 is 42.0. The van der Waals surface area contributed by atoms with Gasteiger partial charge in [0.15, 0.2) is 0 Å². The minimum absolute atomic E-state index is 0.0357. The molecule has 0 radical (unpaired) electrons. The normalized spacial score (nSPS) is 16.8. The number of thioether (sulfide) groups is 1. The standard InChI is InChI=1S/C33H31ClF2N4O3S/c1-20-29(31(41)43-24-9-3-2-4-10-24)30(21-14-16-23(17-15-21)42-18-25-26(34)11-7-13-28(25)36)40-32(37-20)38-33(39-40)44-19-22-8-5-6-12-27(22)35/h5-8,11-17,24,30H,2-4,9-10,18-19H2,1H3,(H,37,38,39). The SMILES string of the molecule is CC1=C(C(=O)OC2CCCCC2)C(c2ccc(OCc3c(F)cccc3Cl)cc2)n2nc(SCc3ccccc3F)nc2N1. The van der Waals surface area contributed by atoms with Crippen LogP contribution in [0.3, 0.4) is 0 Å². The smallest absolute Gasteiger partial charge is 0.338 e. The summed E-state index contributed by atoms with van der Waals surface area (Å²) in [5.74, 6) is 0.198. The van der Waals surface area contributed by atoms with E-state index in [0.29, 0.717) is 44.5 Å². The lowest BCUT2D eigenvalue weighted by molar-refractivity contribution is -0.146. The monoisotopic (exact) mass is 636 g/mol. The van der Waals surface area contributed by atoms with Gasteiger partial charge in [-0.05, 0) is 74.1 Å². The fraction of sp³-hybridized carbons (Fsp3) is 0.303. The summed E-state index contributed by atoms with van der Waals surface area (Å²) in [5, 5.41) is 8.70. The molecular formula is C33H31ClF2N4O3S. The molecule has 6 rings (SSSR count). The van der Waals surface area contributed by atoms with Gasteiger partial charge in [-0.25, -0.2) is 18.3 Å². The van der Waals surface area contributed by atoms with Crippen molar-refractivity contribution in [1.29, 1.82) is 0 Å². The summed E-state index contributed by atoms with van der Waals surface area (Å²) in [5.41, 5.74) is 2.64. The molecule has 1 unspecified atom stereocenters. The zero-order chi connectivity index (χ0) is 30.6. The van der Waals surface area contributed by atoms with Crippen LogP contribution in [-0.4, -0.2) is 26.8 Å². The second kappa shape index (κ2) is 13.4. The van der Waals surface area contributed by atoms with E-state index in [1.807, 2.05) is 19.1 Å². The van der Waals surface area contributed by atoms with Crippen molar-refractivity contribution < 1.29 is 23.0 Å². The summed E-state index contributed by atoms with van der Waals surface area (Å²) in [6.07, 6.45) is 4.79. The van der Waals surface area contributed by atoms with E-state index in [0.717, 1.165) is 37.7 Å². The number of rotatable bonds is 9. The molecule has 1 N–H and O–H groups in total. The van der Waals surface area contributed by atoms with Crippen molar-refractivity contribution in [3.05, 3.63) is 111 Å². The van der Waals surface area contributed by atoms with Gasteiger partial charge in [0.25, 0.3) is 0 Å². The van der Waals surface area contributed by atoms with Crippen molar-refractivity contribution in [3.63, 3.8) is 0 Å². The number of anilines is 1. The van der Waals surface area contributed by atoms with Crippen LogP contribution < -0.4 is 10.1 Å². The van der Waals surface area contributed by atoms with Crippen molar-refractivity contribution in [1.82, 2.24) is 14.8 Å². The molecule has 228 valence electrons. The second-order valence-electron chi connectivity index (χ2n) is 10.8. The van der Waals surface area contributed by atoms with E-state index in [-0.39, 0.29) is 24.1 Å². The van der Waals surface area contributed by atoms with Gasteiger partial charge >= 0.3 is 5.97 Å². The topological polar surface area (TPSA) is 78.3 Å². The number of fused-ring (bicyclic) bond motifs is 1. The van der Waals surface area contributed by atoms with Crippen LogP contribution in [0.1, 0.15) is 61.8 Å². The van der Waals surface area contributed by atoms with Crippen molar-refractivity contribution in [2.45, 2.75) is 68.7 Å². The molecule has 0 spiro atoms. The van der Waals surface area contributed by atoms with Gasteiger partial charge in [0.1, 0.15) is 36.1 Å². The van der Waals surface area contributed by atoms with Gasteiger partial charge in [-0.1, -0.05) is 66.2 Å². The van der Waals surface area contributed by atoms with E-state index in [4.69, 9.17) is 26.2 Å². The van der Waals surface area contributed by atoms with Crippen LogP contribution in [0, 0.1) is 11.6 Å². The van der Waals surface area contributed by atoms with Crippen molar-refractivity contribution >= 4 is 35.3 Å². The largest absolute Gasteiger partial charge is 0.489 e. The summed E-state index contributed by atoms with van der Waals surface area (Å²) >= 11 is 7.46. The molecule has 44 heavy (non-hydrogen) atoms. The molecule has 4 aromatic rings. The number of halogens is 3. The highest BCUT2D eigenvalue weighted by Crippen LogP contribution is 2.38. The van der Waals surface area contributed by atoms with Gasteiger partial charge in [0.05, 0.1) is 10.6 Å². The molecule has 11 heteroatoms. The number of ether oxygens (including phenoxy) is 2. The van der Waals surface area contributed by atoms with E-state index in [1.54, 1.807) is 47.1 Å². The molecule has 0 bridgehead atoms. The number of esters is 1. The van der Waals surface area contributed by atoms with Crippen LogP contribution in [0.5, 0.6) is 5.75 Å². The average molecular weight is 637 g/mol. The fourth-order valence-electron chi connectivity index (χ4n) is 5.49. The number of carbonyl (C=O) groups excluding carboxylic acids is 1. The third kappa shape index (κ3) is 6.61. The summed E-state index contributed by atoms with van der Waals surface area (Å²) in [6, 6.07) is 17.7. The Morgan fingerprint density at radius 3 is 2.52 bits per heavy atom. The lowest BCUT2D eigenvalue weighted by Crippen LogP contribution is -2.32. The Balaban J connectivity index is 1.28. The number of benzene rings is 3. The summed E-state index contributed by atoms with van der Waals surface area (Å²) in [4.78, 5) is 18.4. The Kier molecular flexibility index (Phi) is 9.18. The van der Waals surface area contributed by atoms with Crippen LogP contribution >= 0.6 is 23.4 Å². The second-order valence-corrected chi connectivity index (χ2v) is 12.2. The maximum absolute atomic E-state index is 14.2. The third-order valence-electron chi connectivity index (χ3n) is 7.83. The zero-order valence-corrected chi connectivity index (χ0v) is 25.6. The van der Waals surface area contributed by atoms with E-state index in [9.17, 15) is 13.6 Å². The average Bonchev–Trinajstić information content (AvgIpc) is 3.43. The van der Waals surface area contributed by atoms with Crippen LogP contribution in [0.4, 0.5) is 14.7 Å². The minimum Gasteiger partial charge on any atom is -0.489 e.